The number of nitrogen functional groups attached to an aromatic ring is 1. The molecular weight excluding hydrogens is 242 g/mol. The Bertz CT molecular complexity index is 639. The first-order valence-electron chi connectivity index (χ1n) is 5.78. The lowest BCUT2D eigenvalue weighted by atomic mass is 10.1. The zero-order valence-electron chi connectivity index (χ0n) is 10.8. The van der Waals surface area contributed by atoms with Crippen LogP contribution < -0.4 is 16.2 Å². The SMILES string of the molecule is Cc1ccc(Oc2cc(C(N)=O)c(N)cn2)c(C)c1. The summed E-state index contributed by atoms with van der Waals surface area (Å²) in [6.45, 7) is 3.94. The van der Waals surface area contributed by atoms with Crippen molar-refractivity contribution >= 4 is 11.6 Å². The largest absolute Gasteiger partial charge is 0.439 e. The van der Waals surface area contributed by atoms with Crippen LogP contribution in [0, 0.1) is 13.8 Å². The van der Waals surface area contributed by atoms with Crippen molar-refractivity contribution in [1.82, 2.24) is 4.98 Å². The number of nitrogens with two attached hydrogens (primary N) is 2. The summed E-state index contributed by atoms with van der Waals surface area (Å²) in [4.78, 5) is 15.2. The summed E-state index contributed by atoms with van der Waals surface area (Å²) in [5, 5.41) is 0. The number of pyridine rings is 1. The number of hydrogen-bond donors (Lipinski definition) is 2. The van der Waals surface area contributed by atoms with E-state index in [1.807, 2.05) is 32.0 Å². The fraction of sp³-hybridized carbons (Fsp3) is 0.143. The van der Waals surface area contributed by atoms with Crippen LogP contribution in [-0.2, 0) is 0 Å². The summed E-state index contributed by atoms with van der Waals surface area (Å²) in [6, 6.07) is 7.24. The van der Waals surface area contributed by atoms with Gasteiger partial charge in [0.15, 0.2) is 0 Å². The molecule has 2 aromatic rings. The molecule has 19 heavy (non-hydrogen) atoms. The number of hydrogen-bond acceptors (Lipinski definition) is 4. The Hall–Kier alpha value is -2.56. The fourth-order valence-corrected chi connectivity index (χ4v) is 1.74. The van der Waals surface area contributed by atoms with Crippen LogP contribution in [0.1, 0.15) is 21.5 Å². The number of anilines is 1. The van der Waals surface area contributed by atoms with Crippen molar-refractivity contribution in [2.75, 3.05) is 5.73 Å². The first-order chi connectivity index (χ1) is 8.97. The van der Waals surface area contributed by atoms with E-state index in [4.69, 9.17) is 16.2 Å². The lowest BCUT2D eigenvalue weighted by molar-refractivity contribution is 0.100. The highest BCUT2D eigenvalue weighted by molar-refractivity contribution is 5.98. The molecule has 1 aromatic carbocycles. The third-order valence-electron chi connectivity index (χ3n) is 2.72. The molecule has 1 aromatic heterocycles. The molecule has 0 bridgehead atoms. The van der Waals surface area contributed by atoms with Crippen LogP contribution >= 0.6 is 0 Å². The quantitative estimate of drug-likeness (QED) is 0.881. The molecule has 5 nitrogen and oxygen atoms in total. The van der Waals surface area contributed by atoms with Gasteiger partial charge in [0, 0.05) is 6.07 Å². The number of amides is 1. The second-order valence-corrected chi connectivity index (χ2v) is 4.35. The third-order valence-corrected chi connectivity index (χ3v) is 2.72. The highest BCUT2D eigenvalue weighted by Gasteiger charge is 2.10. The van der Waals surface area contributed by atoms with E-state index >= 15 is 0 Å². The van der Waals surface area contributed by atoms with E-state index < -0.39 is 5.91 Å². The molecule has 0 atom stereocenters. The van der Waals surface area contributed by atoms with E-state index in [-0.39, 0.29) is 17.1 Å². The second kappa shape index (κ2) is 4.97. The first kappa shape index (κ1) is 12.9. The number of aryl methyl sites for hydroxylation is 2. The average Bonchev–Trinajstić information content (AvgIpc) is 2.34. The number of primary amides is 1. The third kappa shape index (κ3) is 2.82. The van der Waals surface area contributed by atoms with Crippen molar-refractivity contribution in [2.45, 2.75) is 13.8 Å². The minimum atomic E-state index is -0.606. The van der Waals surface area contributed by atoms with Crippen molar-refractivity contribution in [3.8, 4) is 11.6 Å². The minimum Gasteiger partial charge on any atom is -0.439 e. The monoisotopic (exact) mass is 257 g/mol. The number of benzene rings is 1. The van der Waals surface area contributed by atoms with Crippen LogP contribution in [0.5, 0.6) is 11.6 Å². The summed E-state index contributed by atoms with van der Waals surface area (Å²) < 4.78 is 5.64. The van der Waals surface area contributed by atoms with Crippen LogP contribution in [0.25, 0.3) is 0 Å². The van der Waals surface area contributed by atoms with E-state index in [0.717, 1.165) is 11.1 Å². The zero-order valence-corrected chi connectivity index (χ0v) is 10.8. The lowest BCUT2D eigenvalue weighted by Gasteiger charge is -2.10. The van der Waals surface area contributed by atoms with Crippen LogP contribution in [0.15, 0.2) is 30.5 Å². The summed E-state index contributed by atoms with van der Waals surface area (Å²) in [5.74, 6) is 0.360. The number of rotatable bonds is 3. The van der Waals surface area contributed by atoms with Gasteiger partial charge in [-0.25, -0.2) is 4.98 Å². The van der Waals surface area contributed by atoms with Gasteiger partial charge in [-0.1, -0.05) is 17.7 Å². The van der Waals surface area contributed by atoms with Crippen LogP contribution in [0.3, 0.4) is 0 Å². The summed E-state index contributed by atoms with van der Waals surface area (Å²) in [7, 11) is 0. The second-order valence-electron chi connectivity index (χ2n) is 4.35. The van der Waals surface area contributed by atoms with Crippen molar-refractivity contribution in [3.05, 3.63) is 47.2 Å². The highest BCUT2D eigenvalue weighted by Crippen LogP contribution is 2.26. The van der Waals surface area contributed by atoms with E-state index in [2.05, 4.69) is 4.98 Å². The Labute approximate surface area is 111 Å². The standard InChI is InChI=1S/C14H15N3O2/c1-8-3-4-12(9(2)5-8)19-13-6-10(14(16)18)11(15)7-17-13/h3-7H,15H2,1-2H3,(H2,16,18). The zero-order chi connectivity index (χ0) is 14.0. The summed E-state index contributed by atoms with van der Waals surface area (Å²) in [5.41, 5.74) is 13.4. The Kier molecular flexibility index (Phi) is 3.37. The van der Waals surface area contributed by atoms with Gasteiger partial charge < -0.3 is 16.2 Å². The molecule has 5 heteroatoms. The molecule has 0 saturated heterocycles. The minimum absolute atomic E-state index is 0.203. The molecule has 0 spiro atoms. The van der Waals surface area contributed by atoms with Gasteiger partial charge in [-0.2, -0.15) is 0 Å². The van der Waals surface area contributed by atoms with Crippen LogP contribution in [0.4, 0.5) is 5.69 Å². The lowest BCUT2D eigenvalue weighted by Crippen LogP contribution is -2.13. The van der Waals surface area contributed by atoms with E-state index in [9.17, 15) is 4.79 Å². The molecule has 0 unspecified atom stereocenters. The molecule has 1 amide bonds. The first-order valence-corrected chi connectivity index (χ1v) is 5.78. The molecule has 0 aliphatic heterocycles. The van der Waals surface area contributed by atoms with Gasteiger partial charge in [0.2, 0.25) is 5.88 Å². The fourth-order valence-electron chi connectivity index (χ4n) is 1.74. The molecule has 0 aliphatic carbocycles. The number of ether oxygens (including phenoxy) is 1. The number of carbonyl (C=O) groups is 1. The molecule has 0 radical (unpaired) electrons. The Morgan fingerprint density at radius 3 is 2.63 bits per heavy atom. The van der Waals surface area contributed by atoms with E-state index in [0.29, 0.717) is 5.75 Å². The molecule has 1 heterocycles. The maximum atomic E-state index is 11.2. The van der Waals surface area contributed by atoms with Crippen LogP contribution in [0.2, 0.25) is 0 Å². The van der Waals surface area contributed by atoms with Gasteiger partial charge in [0.1, 0.15) is 5.75 Å². The number of nitrogens with zero attached hydrogens (tertiary/aromatic N) is 1. The molecular formula is C14H15N3O2. The topological polar surface area (TPSA) is 91.2 Å². The predicted octanol–water partition coefficient (Wildman–Crippen LogP) is 2.17. The maximum Gasteiger partial charge on any atom is 0.251 e. The Morgan fingerprint density at radius 2 is 2.00 bits per heavy atom. The summed E-state index contributed by atoms with van der Waals surface area (Å²) >= 11 is 0. The predicted molar refractivity (Wildman–Crippen MR) is 73.2 cm³/mol. The maximum absolute atomic E-state index is 11.2. The Balaban J connectivity index is 2.33. The van der Waals surface area contributed by atoms with Crippen LogP contribution in [-0.4, -0.2) is 10.9 Å². The van der Waals surface area contributed by atoms with Crippen molar-refractivity contribution in [1.29, 1.82) is 0 Å². The van der Waals surface area contributed by atoms with Gasteiger partial charge in [-0.3, -0.25) is 4.79 Å². The van der Waals surface area contributed by atoms with Gasteiger partial charge >= 0.3 is 0 Å². The van der Waals surface area contributed by atoms with Gasteiger partial charge in [-0.05, 0) is 25.5 Å². The summed E-state index contributed by atoms with van der Waals surface area (Å²) in [6.07, 6.45) is 1.36. The van der Waals surface area contributed by atoms with Gasteiger partial charge in [-0.15, -0.1) is 0 Å². The average molecular weight is 257 g/mol. The number of aromatic nitrogens is 1. The molecule has 0 fully saturated rings. The van der Waals surface area contributed by atoms with E-state index in [1.54, 1.807) is 0 Å². The van der Waals surface area contributed by atoms with Gasteiger partial charge in [0.25, 0.3) is 5.91 Å². The van der Waals surface area contributed by atoms with Crippen molar-refractivity contribution in [2.24, 2.45) is 5.73 Å². The molecule has 2 rings (SSSR count). The number of carbonyl (C=O) groups excluding carboxylic acids is 1. The van der Waals surface area contributed by atoms with E-state index in [1.165, 1.54) is 12.3 Å². The molecule has 4 N–H and O–H groups in total. The molecule has 0 aliphatic rings. The van der Waals surface area contributed by atoms with Gasteiger partial charge in [0.05, 0.1) is 17.4 Å². The van der Waals surface area contributed by atoms with Crippen molar-refractivity contribution < 1.29 is 9.53 Å². The normalized spacial score (nSPS) is 10.2. The molecule has 0 saturated carbocycles. The Morgan fingerprint density at radius 1 is 1.26 bits per heavy atom. The van der Waals surface area contributed by atoms with Crippen molar-refractivity contribution in [3.63, 3.8) is 0 Å². The highest BCUT2D eigenvalue weighted by atomic mass is 16.5. The molecule has 98 valence electrons. The smallest absolute Gasteiger partial charge is 0.251 e.